The second-order valence-electron chi connectivity index (χ2n) is 8.63. The molecule has 6 nitrogen and oxygen atoms in total. The summed E-state index contributed by atoms with van der Waals surface area (Å²) in [4.78, 5) is 18.9. The number of anilines is 1. The van der Waals surface area contributed by atoms with Crippen molar-refractivity contribution in [3.63, 3.8) is 0 Å². The molecule has 0 bridgehead atoms. The van der Waals surface area contributed by atoms with E-state index in [1.165, 1.54) is 6.07 Å². The number of hydrogen-bond donors (Lipinski definition) is 3. The van der Waals surface area contributed by atoms with Crippen LogP contribution in [-0.4, -0.2) is 43.1 Å². The van der Waals surface area contributed by atoms with E-state index in [0.29, 0.717) is 19.0 Å². The highest BCUT2D eigenvalue weighted by atomic mass is 19.1. The average molecular weight is 438 g/mol. The van der Waals surface area contributed by atoms with Crippen LogP contribution in [0.5, 0.6) is 0 Å². The van der Waals surface area contributed by atoms with E-state index in [-0.39, 0.29) is 17.3 Å². The number of nitrogens with zero attached hydrogens (tertiary/aromatic N) is 2. The number of guanidine groups is 1. The van der Waals surface area contributed by atoms with Crippen LogP contribution in [0.2, 0.25) is 0 Å². The van der Waals surface area contributed by atoms with Gasteiger partial charge in [-0.15, -0.1) is 0 Å². The lowest BCUT2D eigenvalue weighted by Crippen LogP contribution is -2.41. The number of amides is 2. The number of carbonyl (C=O) groups is 1. The van der Waals surface area contributed by atoms with Gasteiger partial charge >= 0.3 is 6.03 Å². The minimum absolute atomic E-state index is 0.0407. The van der Waals surface area contributed by atoms with E-state index >= 15 is 0 Å². The Labute approximate surface area is 189 Å². The monoisotopic (exact) mass is 437 g/mol. The third-order valence-corrected chi connectivity index (χ3v) is 6.23. The first-order valence-electron chi connectivity index (χ1n) is 11.5. The summed E-state index contributed by atoms with van der Waals surface area (Å²) >= 11 is 0. The first-order chi connectivity index (χ1) is 15.6. The highest BCUT2D eigenvalue weighted by Gasteiger charge is 2.45. The molecule has 0 spiro atoms. The highest BCUT2D eigenvalue weighted by Crippen LogP contribution is 2.48. The molecule has 1 saturated heterocycles. The molecule has 4 rings (SSSR count). The molecule has 7 heteroatoms. The second kappa shape index (κ2) is 10.0. The molecule has 0 radical (unpaired) electrons. The van der Waals surface area contributed by atoms with Crippen LogP contribution < -0.4 is 16.0 Å². The molecule has 2 fully saturated rings. The molecule has 1 aliphatic carbocycles. The number of rotatable bonds is 7. The fraction of sp³-hybridized carbons (Fsp3) is 0.440. The number of halogens is 1. The largest absolute Gasteiger partial charge is 0.357 e. The van der Waals surface area contributed by atoms with Gasteiger partial charge in [0.2, 0.25) is 0 Å². The van der Waals surface area contributed by atoms with E-state index in [1.807, 2.05) is 48.2 Å². The van der Waals surface area contributed by atoms with Crippen LogP contribution in [0.4, 0.5) is 14.9 Å². The smallest absolute Gasteiger partial charge is 0.321 e. The molecule has 1 heterocycles. The second-order valence-corrected chi connectivity index (χ2v) is 8.63. The van der Waals surface area contributed by atoms with Crippen molar-refractivity contribution in [3.05, 3.63) is 65.5 Å². The van der Waals surface area contributed by atoms with E-state index in [1.54, 1.807) is 6.07 Å². The Kier molecular flexibility index (Phi) is 6.93. The van der Waals surface area contributed by atoms with Crippen LogP contribution in [0.15, 0.2) is 53.5 Å². The van der Waals surface area contributed by atoms with Gasteiger partial charge in [-0.2, -0.15) is 0 Å². The number of nitrogens with one attached hydrogen (secondary N) is 3. The minimum atomic E-state index is -0.151. The standard InChI is InChI=1S/C25H32FN5O/c1-2-27-23(29-18-25(12-13-25)21-10-3-4-11-22(21)26)28-17-19-8-7-9-20(16-19)30-24(32)31-14-5-6-15-31/h3-4,7-11,16H,2,5-6,12-15,17-18H2,1H3,(H,30,32)(H2,27,28,29). The zero-order valence-corrected chi connectivity index (χ0v) is 18.7. The van der Waals surface area contributed by atoms with Crippen molar-refractivity contribution >= 4 is 17.7 Å². The van der Waals surface area contributed by atoms with E-state index in [4.69, 9.17) is 4.99 Å². The van der Waals surface area contributed by atoms with Gasteiger partial charge in [0, 0.05) is 37.3 Å². The van der Waals surface area contributed by atoms with Gasteiger partial charge in [0.15, 0.2) is 5.96 Å². The third kappa shape index (κ3) is 5.39. The molecule has 1 saturated carbocycles. The van der Waals surface area contributed by atoms with E-state index in [0.717, 1.165) is 62.1 Å². The predicted octanol–water partition coefficient (Wildman–Crippen LogP) is 4.24. The van der Waals surface area contributed by atoms with Gasteiger partial charge in [0.05, 0.1) is 6.54 Å². The molecule has 1 aliphatic heterocycles. The van der Waals surface area contributed by atoms with Crippen molar-refractivity contribution in [1.82, 2.24) is 15.5 Å². The molecular formula is C25H32FN5O. The molecule has 2 aliphatic rings. The maximum atomic E-state index is 14.3. The SMILES string of the molecule is CCNC(=NCc1cccc(NC(=O)N2CCCC2)c1)NCC1(c2ccccc2F)CC1. The first kappa shape index (κ1) is 22.1. The van der Waals surface area contributed by atoms with Gasteiger partial charge in [0.25, 0.3) is 0 Å². The molecule has 0 unspecified atom stereocenters. The van der Waals surface area contributed by atoms with Crippen LogP contribution in [0, 0.1) is 5.82 Å². The van der Waals surface area contributed by atoms with Crippen molar-refractivity contribution < 1.29 is 9.18 Å². The molecule has 2 aromatic rings. The maximum absolute atomic E-state index is 14.3. The highest BCUT2D eigenvalue weighted by molar-refractivity contribution is 5.89. The summed E-state index contributed by atoms with van der Waals surface area (Å²) in [5.74, 6) is 0.572. The van der Waals surface area contributed by atoms with Crippen molar-refractivity contribution in [1.29, 1.82) is 0 Å². The van der Waals surface area contributed by atoms with Gasteiger partial charge in [-0.05, 0) is 61.9 Å². The van der Waals surface area contributed by atoms with Crippen LogP contribution in [-0.2, 0) is 12.0 Å². The molecule has 2 amide bonds. The summed E-state index contributed by atoms with van der Waals surface area (Å²) in [5.41, 5.74) is 2.42. The summed E-state index contributed by atoms with van der Waals surface area (Å²) in [6, 6.07) is 14.8. The normalized spacial score (nSPS) is 17.2. The Morgan fingerprint density at radius 2 is 1.88 bits per heavy atom. The Morgan fingerprint density at radius 1 is 1.09 bits per heavy atom. The number of carbonyl (C=O) groups excluding carboxylic acids is 1. The van der Waals surface area contributed by atoms with Crippen molar-refractivity contribution in [2.24, 2.45) is 4.99 Å². The molecular weight excluding hydrogens is 405 g/mol. The van der Waals surface area contributed by atoms with Crippen LogP contribution in [0.3, 0.4) is 0 Å². The lowest BCUT2D eigenvalue weighted by molar-refractivity contribution is 0.222. The summed E-state index contributed by atoms with van der Waals surface area (Å²) < 4.78 is 14.3. The number of benzene rings is 2. The Bertz CT molecular complexity index is 966. The summed E-state index contributed by atoms with van der Waals surface area (Å²) in [6.45, 7) is 5.53. The summed E-state index contributed by atoms with van der Waals surface area (Å²) in [6.07, 6.45) is 4.08. The third-order valence-electron chi connectivity index (χ3n) is 6.23. The van der Waals surface area contributed by atoms with Crippen LogP contribution in [0.25, 0.3) is 0 Å². The number of likely N-dealkylation sites (tertiary alicyclic amines) is 1. The van der Waals surface area contributed by atoms with E-state index < -0.39 is 0 Å². The molecule has 0 atom stereocenters. The lowest BCUT2D eigenvalue weighted by atomic mass is 9.95. The fourth-order valence-corrected chi connectivity index (χ4v) is 4.22. The van der Waals surface area contributed by atoms with Crippen molar-refractivity contribution in [2.75, 3.05) is 31.5 Å². The van der Waals surface area contributed by atoms with Crippen molar-refractivity contribution in [2.45, 2.75) is 44.6 Å². The van der Waals surface area contributed by atoms with Gasteiger partial charge in [0.1, 0.15) is 5.82 Å². The lowest BCUT2D eigenvalue weighted by Gasteiger charge is -2.19. The van der Waals surface area contributed by atoms with Gasteiger partial charge < -0.3 is 20.9 Å². The molecule has 2 aromatic carbocycles. The number of aliphatic imine (C=N–C) groups is 1. The van der Waals surface area contributed by atoms with E-state index in [2.05, 4.69) is 16.0 Å². The molecule has 0 aromatic heterocycles. The quantitative estimate of drug-likeness (QED) is 0.448. The van der Waals surface area contributed by atoms with Gasteiger partial charge in [-0.25, -0.2) is 14.2 Å². The maximum Gasteiger partial charge on any atom is 0.321 e. The number of urea groups is 1. The van der Waals surface area contributed by atoms with Crippen molar-refractivity contribution in [3.8, 4) is 0 Å². The Hall–Kier alpha value is -3.09. The minimum Gasteiger partial charge on any atom is -0.357 e. The zero-order valence-electron chi connectivity index (χ0n) is 18.7. The molecule has 170 valence electrons. The zero-order chi connectivity index (χ0) is 22.4. The predicted molar refractivity (Wildman–Crippen MR) is 126 cm³/mol. The first-order valence-corrected chi connectivity index (χ1v) is 11.5. The molecule has 32 heavy (non-hydrogen) atoms. The van der Waals surface area contributed by atoms with Crippen LogP contribution in [0.1, 0.15) is 43.7 Å². The van der Waals surface area contributed by atoms with Gasteiger partial charge in [-0.3, -0.25) is 0 Å². The topological polar surface area (TPSA) is 68.8 Å². The Balaban J connectivity index is 1.37. The van der Waals surface area contributed by atoms with Crippen LogP contribution >= 0.6 is 0 Å². The fourth-order valence-electron chi connectivity index (χ4n) is 4.22. The summed E-state index contributed by atoms with van der Waals surface area (Å²) in [5, 5.41) is 9.66. The molecule has 3 N–H and O–H groups in total. The number of hydrogen-bond acceptors (Lipinski definition) is 2. The van der Waals surface area contributed by atoms with Gasteiger partial charge in [-0.1, -0.05) is 30.3 Å². The summed E-state index contributed by atoms with van der Waals surface area (Å²) in [7, 11) is 0. The van der Waals surface area contributed by atoms with E-state index in [9.17, 15) is 9.18 Å². The Morgan fingerprint density at radius 3 is 2.59 bits per heavy atom. The average Bonchev–Trinajstić information content (AvgIpc) is 3.37.